The summed E-state index contributed by atoms with van der Waals surface area (Å²) in [6.07, 6.45) is 6.64. The van der Waals surface area contributed by atoms with E-state index in [0.717, 1.165) is 31.4 Å². The summed E-state index contributed by atoms with van der Waals surface area (Å²) in [7, 11) is 1.53. The Kier molecular flexibility index (Phi) is 7.36. The molecule has 1 amide bonds. The molecule has 3 aromatic heterocycles. The molecule has 1 aliphatic rings. The SMILES string of the molecule is COc1cnc(Cl)cc1-c1cc(C)ncc1C(=O)Nc1nnc(O[C@H]2CC[C@H](CO)CC2)s1. The summed E-state index contributed by atoms with van der Waals surface area (Å²) in [5, 5.41) is 21.2. The first kappa shape index (κ1) is 23.3. The first-order valence-corrected chi connectivity index (χ1v) is 11.7. The monoisotopic (exact) mass is 489 g/mol. The summed E-state index contributed by atoms with van der Waals surface area (Å²) < 4.78 is 11.3. The van der Waals surface area contributed by atoms with E-state index in [1.54, 1.807) is 12.1 Å². The van der Waals surface area contributed by atoms with Gasteiger partial charge in [0.05, 0.1) is 18.9 Å². The lowest BCUT2D eigenvalue weighted by Gasteiger charge is -2.26. The number of carbonyl (C=O) groups is 1. The van der Waals surface area contributed by atoms with Crippen molar-refractivity contribution in [2.45, 2.75) is 38.7 Å². The lowest BCUT2D eigenvalue weighted by Crippen LogP contribution is -2.25. The number of amides is 1. The minimum Gasteiger partial charge on any atom is -0.494 e. The molecule has 174 valence electrons. The van der Waals surface area contributed by atoms with Crippen LogP contribution in [-0.4, -0.2) is 51.0 Å². The van der Waals surface area contributed by atoms with Crippen molar-refractivity contribution < 1.29 is 19.4 Å². The highest BCUT2D eigenvalue weighted by atomic mass is 35.5. The Morgan fingerprint density at radius 3 is 2.70 bits per heavy atom. The summed E-state index contributed by atoms with van der Waals surface area (Å²) >= 11 is 7.27. The van der Waals surface area contributed by atoms with Gasteiger partial charge < -0.3 is 14.6 Å². The van der Waals surface area contributed by atoms with Gasteiger partial charge in [0.25, 0.3) is 11.1 Å². The third kappa shape index (κ3) is 5.58. The van der Waals surface area contributed by atoms with Crippen LogP contribution in [0.1, 0.15) is 41.7 Å². The summed E-state index contributed by atoms with van der Waals surface area (Å²) in [5.74, 6) is 0.445. The number of halogens is 1. The molecule has 0 bridgehead atoms. The molecule has 0 atom stereocenters. The number of carbonyl (C=O) groups excluding carboxylic acids is 1. The number of hydrogen-bond donors (Lipinski definition) is 2. The average Bonchev–Trinajstić information content (AvgIpc) is 3.25. The van der Waals surface area contributed by atoms with Crippen molar-refractivity contribution in [2.24, 2.45) is 5.92 Å². The molecule has 0 aromatic carbocycles. The van der Waals surface area contributed by atoms with Gasteiger partial charge in [0.2, 0.25) is 5.13 Å². The van der Waals surface area contributed by atoms with E-state index in [9.17, 15) is 9.90 Å². The number of aryl methyl sites for hydroxylation is 1. The smallest absolute Gasteiger partial charge is 0.296 e. The summed E-state index contributed by atoms with van der Waals surface area (Å²) in [4.78, 5) is 21.4. The molecule has 11 heteroatoms. The van der Waals surface area contributed by atoms with Crippen LogP contribution < -0.4 is 14.8 Å². The second-order valence-electron chi connectivity index (χ2n) is 7.85. The van der Waals surface area contributed by atoms with E-state index < -0.39 is 5.91 Å². The Labute approximate surface area is 200 Å². The average molecular weight is 490 g/mol. The normalized spacial score (nSPS) is 18.1. The number of hydrogen-bond acceptors (Lipinski definition) is 9. The Hall–Kier alpha value is -2.82. The number of aliphatic hydroxyl groups is 1. The van der Waals surface area contributed by atoms with E-state index in [-0.39, 0.29) is 17.9 Å². The largest absolute Gasteiger partial charge is 0.494 e. The highest BCUT2D eigenvalue weighted by Gasteiger charge is 2.24. The maximum absolute atomic E-state index is 13.1. The lowest BCUT2D eigenvalue weighted by atomic mass is 9.88. The van der Waals surface area contributed by atoms with Crippen molar-refractivity contribution in [3.05, 3.63) is 40.9 Å². The third-order valence-corrected chi connectivity index (χ3v) is 6.51. The lowest BCUT2D eigenvalue weighted by molar-refractivity contribution is 0.102. The molecule has 1 aliphatic carbocycles. The quantitative estimate of drug-likeness (QED) is 0.475. The van der Waals surface area contributed by atoms with Crippen LogP contribution in [-0.2, 0) is 0 Å². The van der Waals surface area contributed by atoms with Crippen molar-refractivity contribution in [2.75, 3.05) is 19.0 Å². The predicted octanol–water partition coefficient (Wildman–Crippen LogP) is 4.15. The van der Waals surface area contributed by atoms with Gasteiger partial charge in [-0.3, -0.25) is 15.1 Å². The fraction of sp³-hybridized carbons (Fsp3) is 0.409. The number of aliphatic hydroxyl groups excluding tert-OH is 1. The van der Waals surface area contributed by atoms with Crippen molar-refractivity contribution in [3.8, 4) is 22.1 Å². The van der Waals surface area contributed by atoms with Gasteiger partial charge in [-0.25, -0.2) is 4.98 Å². The van der Waals surface area contributed by atoms with Gasteiger partial charge in [0, 0.05) is 29.6 Å². The van der Waals surface area contributed by atoms with Gasteiger partial charge in [0.1, 0.15) is 17.0 Å². The Morgan fingerprint density at radius 1 is 1.18 bits per heavy atom. The highest BCUT2D eigenvalue weighted by molar-refractivity contribution is 7.17. The second kappa shape index (κ2) is 10.4. The molecule has 3 aromatic rings. The second-order valence-corrected chi connectivity index (χ2v) is 9.18. The Balaban J connectivity index is 1.51. The molecular weight excluding hydrogens is 466 g/mol. The molecule has 9 nitrogen and oxygen atoms in total. The van der Waals surface area contributed by atoms with Crippen molar-refractivity contribution in [3.63, 3.8) is 0 Å². The summed E-state index contributed by atoms with van der Waals surface area (Å²) in [6.45, 7) is 2.05. The zero-order valence-electron chi connectivity index (χ0n) is 18.2. The molecule has 4 rings (SSSR count). The van der Waals surface area contributed by atoms with Crippen LogP contribution in [0.25, 0.3) is 11.1 Å². The highest BCUT2D eigenvalue weighted by Crippen LogP contribution is 2.35. The number of ether oxygens (including phenoxy) is 2. The zero-order chi connectivity index (χ0) is 23.4. The van der Waals surface area contributed by atoms with E-state index in [1.165, 1.54) is 30.8 Å². The van der Waals surface area contributed by atoms with Gasteiger partial charge in [-0.05, 0) is 62.0 Å². The molecule has 0 saturated heterocycles. The molecule has 33 heavy (non-hydrogen) atoms. The predicted molar refractivity (Wildman–Crippen MR) is 125 cm³/mol. The van der Waals surface area contributed by atoms with E-state index in [2.05, 4.69) is 25.5 Å². The minimum atomic E-state index is -0.390. The summed E-state index contributed by atoms with van der Waals surface area (Å²) in [5.41, 5.74) is 2.32. The third-order valence-electron chi connectivity index (χ3n) is 5.58. The molecule has 0 aliphatic heterocycles. The van der Waals surface area contributed by atoms with Crippen LogP contribution in [0.3, 0.4) is 0 Å². The van der Waals surface area contributed by atoms with Gasteiger partial charge in [0.15, 0.2) is 0 Å². The molecule has 3 heterocycles. The Bertz CT molecular complexity index is 1130. The fourth-order valence-corrected chi connectivity index (χ4v) is 4.62. The number of nitrogens with one attached hydrogen (secondary N) is 1. The number of anilines is 1. The molecule has 2 N–H and O–H groups in total. The van der Waals surface area contributed by atoms with E-state index in [0.29, 0.717) is 38.7 Å². The molecule has 0 radical (unpaired) electrons. The van der Waals surface area contributed by atoms with Gasteiger partial charge in [-0.2, -0.15) is 0 Å². The van der Waals surface area contributed by atoms with Crippen LogP contribution in [0.4, 0.5) is 5.13 Å². The minimum absolute atomic E-state index is 0.0427. The van der Waals surface area contributed by atoms with Gasteiger partial charge in [-0.1, -0.05) is 16.7 Å². The fourth-order valence-electron chi connectivity index (χ4n) is 3.80. The number of nitrogens with zero attached hydrogens (tertiary/aromatic N) is 4. The van der Waals surface area contributed by atoms with Crippen molar-refractivity contribution >= 4 is 34.0 Å². The molecule has 0 unspecified atom stereocenters. The maximum atomic E-state index is 13.1. The van der Waals surface area contributed by atoms with Crippen molar-refractivity contribution in [1.82, 2.24) is 20.2 Å². The standard InChI is InChI=1S/C22H24ClN5O4S/c1-12-7-15(16-8-19(23)25-10-18(16)31-2)17(9-24-12)20(30)26-21-27-28-22(33-21)32-14-5-3-13(11-29)4-6-14/h7-10,13-14,29H,3-6,11H2,1-2H3,(H,26,27,30)/t13-,14-. The van der Waals surface area contributed by atoms with Crippen LogP contribution in [0.2, 0.25) is 5.15 Å². The first-order chi connectivity index (χ1) is 16.0. The van der Waals surface area contributed by atoms with Crippen LogP contribution in [0.5, 0.6) is 10.9 Å². The number of rotatable bonds is 7. The number of aromatic nitrogens is 4. The molecule has 1 saturated carbocycles. The van der Waals surface area contributed by atoms with Gasteiger partial charge >= 0.3 is 0 Å². The Morgan fingerprint density at radius 2 is 1.97 bits per heavy atom. The molecular formula is C22H24ClN5O4S. The molecule has 0 spiro atoms. The van der Waals surface area contributed by atoms with E-state index in [4.69, 9.17) is 21.1 Å². The van der Waals surface area contributed by atoms with Crippen LogP contribution in [0, 0.1) is 12.8 Å². The number of pyridine rings is 2. The van der Waals surface area contributed by atoms with Gasteiger partial charge in [-0.15, -0.1) is 5.10 Å². The first-order valence-electron chi connectivity index (χ1n) is 10.6. The van der Waals surface area contributed by atoms with Crippen LogP contribution in [0.15, 0.2) is 24.5 Å². The molecule has 1 fully saturated rings. The van der Waals surface area contributed by atoms with E-state index in [1.807, 2.05) is 6.92 Å². The number of methoxy groups -OCH3 is 1. The van der Waals surface area contributed by atoms with E-state index >= 15 is 0 Å². The van der Waals surface area contributed by atoms with Crippen LogP contribution >= 0.6 is 22.9 Å². The topological polar surface area (TPSA) is 119 Å². The maximum Gasteiger partial charge on any atom is 0.296 e. The zero-order valence-corrected chi connectivity index (χ0v) is 19.8. The summed E-state index contributed by atoms with van der Waals surface area (Å²) in [6, 6.07) is 3.44. The van der Waals surface area contributed by atoms with Crippen molar-refractivity contribution in [1.29, 1.82) is 0 Å².